The number of hydrogen-bond donors (Lipinski definition) is 1. The van der Waals surface area contributed by atoms with E-state index in [0.29, 0.717) is 5.75 Å². The molecular weight excluding hydrogens is 316 g/mol. The van der Waals surface area contributed by atoms with Crippen molar-refractivity contribution in [3.05, 3.63) is 54.1 Å². The summed E-state index contributed by atoms with van der Waals surface area (Å²) in [5.74, 6) is 0.461. The summed E-state index contributed by atoms with van der Waals surface area (Å²) < 4.78 is 0. The van der Waals surface area contributed by atoms with E-state index in [4.69, 9.17) is 0 Å². The second kappa shape index (κ2) is 8.25. The standard InChI is InChI=1S/C20H24N2OS/c1-16-5-11-19(12-6-16)24-15-20(23)21-17-7-9-18(10-8-17)22-13-3-2-4-14-22/h5-12H,2-4,13-15H2,1H3,(H,21,23). The Morgan fingerprint density at radius 3 is 2.33 bits per heavy atom. The van der Waals surface area contributed by atoms with Gasteiger partial charge in [-0.2, -0.15) is 0 Å². The van der Waals surface area contributed by atoms with E-state index in [1.165, 1.54) is 30.5 Å². The smallest absolute Gasteiger partial charge is 0.234 e. The number of carbonyl (C=O) groups excluding carboxylic acids is 1. The van der Waals surface area contributed by atoms with Crippen molar-refractivity contribution in [1.82, 2.24) is 0 Å². The molecule has 0 spiro atoms. The summed E-state index contributed by atoms with van der Waals surface area (Å²) in [5, 5.41) is 2.98. The lowest BCUT2D eigenvalue weighted by molar-refractivity contribution is -0.113. The molecule has 0 saturated carbocycles. The van der Waals surface area contributed by atoms with E-state index in [0.717, 1.165) is 23.7 Å². The average Bonchev–Trinajstić information content (AvgIpc) is 2.63. The van der Waals surface area contributed by atoms with Crippen LogP contribution in [0.4, 0.5) is 11.4 Å². The fraction of sp³-hybridized carbons (Fsp3) is 0.350. The van der Waals surface area contributed by atoms with Crippen molar-refractivity contribution in [2.24, 2.45) is 0 Å². The van der Waals surface area contributed by atoms with Gasteiger partial charge in [-0.15, -0.1) is 11.8 Å². The number of aryl methyl sites for hydroxylation is 1. The molecule has 24 heavy (non-hydrogen) atoms. The summed E-state index contributed by atoms with van der Waals surface area (Å²) in [4.78, 5) is 15.6. The minimum absolute atomic E-state index is 0.0336. The molecule has 1 aliphatic rings. The largest absolute Gasteiger partial charge is 0.372 e. The Balaban J connectivity index is 1.49. The third-order valence-corrected chi connectivity index (χ3v) is 5.28. The van der Waals surface area contributed by atoms with Crippen LogP contribution in [0, 0.1) is 6.92 Å². The Morgan fingerprint density at radius 2 is 1.67 bits per heavy atom. The van der Waals surface area contributed by atoms with Crippen LogP contribution in [0.3, 0.4) is 0 Å². The molecule has 3 nitrogen and oxygen atoms in total. The highest BCUT2D eigenvalue weighted by molar-refractivity contribution is 8.00. The maximum atomic E-state index is 12.1. The lowest BCUT2D eigenvalue weighted by Crippen LogP contribution is -2.29. The molecular formula is C20H24N2OS. The topological polar surface area (TPSA) is 32.3 Å². The average molecular weight is 340 g/mol. The monoisotopic (exact) mass is 340 g/mol. The number of rotatable bonds is 5. The van der Waals surface area contributed by atoms with Gasteiger partial charge in [-0.3, -0.25) is 4.79 Å². The van der Waals surface area contributed by atoms with Crippen LogP contribution in [0.2, 0.25) is 0 Å². The summed E-state index contributed by atoms with van der Waals surface area (Å²) in [6.45, 7) is 4.34. The fourth-order valence-electron chi connectivity index (χ4n) is 2.89. The van der Waals surface area contributed by atoms with Crippen molar-refractivity contribution in [3.63, 3.8) is 0 Å². The normalized spacial score (nSPS) is 14.5. The first-order chi connectivity index (χ1) is 11.7. The predicted octanol–water partition coefficient (Wildman–Crippen LogP) is 4.72. The van der Waals surface area contributed by atoms with Gasteiger partial charge in [-0.1, -0.05) is 17.7 Å². The Morgan fingerprint density at radius 1 is 1.00 bits per heavy atom. The van der Waals surface area contributed by atoms with Crippen LogP contribution in [-0.4, -0.2) is 24.7 Å². The third kappa shape index (κ3) is 4.78. The van der Waals surface area contributed by atoms with Crippen molar-refractivity contribution in [3.8, 4) is 0 Å². The SMILES string of the molecule is Cc1ccc(SCC(=O)Nc2ccc(N3CCCCC3)cc2)cc1. The molecule has 1 aliphatic heterocycles. The van der Waals surface area contributed by atoms with E-state index < -0.39 is 0 Å². The van der Waals surface area contributed by atoms with E-state index >= 15 is 0 Å². The summed E-state index contributed by atoms with van der Waals surface area (Å²) in [6.07, 6.45) is 3.88. The lowest BCUT2D eigenvalue weighted by atomic mass is 10.1. The second-order valence-corrected chi connectivity index (χ2v) is 7.29. The number of carbonyl (C=O) groups is 1. The van der Waals surface area contributed by atoms with Gasteiger partial charge >= 0.3 is 0 Å². The van der Waals surface area contributed by atoms with E-state index in [1.807, 2.05) is 12.1 Å². The predicted molar refractivity (Wildman–Crippen MR) is 103 cm³/mol. The van der Waals surface area contributed by atoms with Crippen LogP contribution in [-0.2, 0) is 4.79 Å². The minimum atomic E-state index is 0.0336. The van der Waals surface area contributed by atoms with Crippen LogP contribution in [0.15, 0.2) is 53.4 Å². The molecule has 1 N–H and O–H groups in total. The number of hydrogen-bond acceptors (Lipinski definition) is 3. The van der Waals surface area contributed by atoms with Gasteiger partial charge in [0.25, 0.3) is 0 Å². The highest BCUT2D eigenvalue weighted by Crippen LogP contribution is 2.22. The molecule has 4 heteroatoms. The number of nitrogens with one attached hydrogen (secondary N) is 1. The summed E-state index contributed by atoms with van der Waals surface area (Å²) in [5.41, 5.74) is 3.35. The number of anilines is 2. The van der Waals surface area contributed by atoms with Crippen molar-refractivity contribution >= 4 is 29.0 Å². The number of benzene rings is 2. The lowest BCUT2D eigenvalue weighted by Gasteiger charge is -2.28. The highest BCUT2D eigenvalue weighted by atomic mass is 32.2. The van der Waals surface area contributed by atoms with Gasteiger partial charge in [0.15, 0.2) is 0 Å². The molecule has 126 valence electrons. The number of amides is 1. The quantitative estimate of drug-likeness (QED) is 0.800. The number of nitrogens with zero attached hydrogens (tertiary/aromatic N) is 1. The summed E-state index contributed by atoms with van der Waals surface area (Å²) in [6, 6.07) is 16.5. The van der Waals surface area contributed by atoms with Gasteiger partial charge in [0.05, 0.1) is 5.75 Å². The van der Waals surface area contributed by atoms with Gasteiger partial charge in [0.2, 0.25) is 5.91 Å². The van der Waals surface area contributed by atoms with Crippen LogP contribution in [0.25, 0.3) is 0 Å². The Labute approximate surface area is 148 Å². The second-order valence-electron chi connectivity index (χ2n) is 6.24. The molecule has 1 saturated heterocycles. The molecule has 0 radical (unpaired) electrons. The molecule has 1 heterocycles. The fourth-order valence-corrected chi connectivity index (χ4v) is 3.59. The first kappa shape index (κ1) is 16.9. The van der Waals surface area contributed by atoms with Crippen molar-refractivity contribution < 1.29 is 4.79 Å². The van der Waals surface area contributed by atoms with Crippen molar-refractivity contribution in [2.75, 3.05) is 29.1 Å². The van der Waals surface area contributed by atoms with Crippen LogP contribution >= 0.6 is 11.8 Å². The van der Waals surface area contributed by atoms with E-state index in [2.05, 4.69) is 53.5 Å². The van der Waals surface area contributed by atoms with E-state index in [-0.39, 0.29) is 5.91 Å². The highest BCUT2D eigenvalue weighted by Gasteiger charge is 2.11. The zero-order valence-corrected chi connectivity index (χ0v) is 14.9. The van der Waals surface area contributed by atoms with Crippen LogP contribution < -0.4 is 10.2 Å². The molecule has 1 amide bonds. The van der Waals surface area contributed by atoms with E-state index in [9.17, 15) is 4.79 Å². The van der Waals surface area contributed by atoms with Crippen LogP contribution in [0.5, 0.6) is 0 Å². The molecule has 2 aromatic carbocycles. The van der Waals surface area contributed by atoms with Gasteiger partial charge in [0.1, 0.15) is 0 Å². The first-order valence-corrected chi connectivity index (χ1v) is 9.53. The van der Waals surface area contributed by atoms with Gasteiger partial charge < -0.3 is 10.2 Å². The zero-order chi connectivity index (χ0) is 16.8. The maximum absolute atomic E-state index is 12.1. The van der Waals surface area contributed by atoms with E-state index in [1.54, 1.807) is 11.8 Å². The molecule has 0 aromatic heterocycles. The Hall–Kier alpha value is -1.94. The third-order valence-electron chi connectivity index (χ3n) is 4.26. The van der Waals surface area contributed by atoms with Gasteiger partial charge in [0, 0.05) is 29.4 Å². The van der Waals surface area contributed by atoms with Gasteiger partial charge in [-0.25, -0.2) is 0 Å². The summed E-state index contributed by atoms with van der Waals surface area (Å²) in [7, 11) is 0. The molecule has 0 atom stereocenters. The minimum Gasteiger partial charge on any atom is -0.372 e. The maximum Gasteiger partial charge on any atom is 0.234 e. The van der Waals surface area contributed by atoms with Crippen molar-refractivity contribution in [2.45, 2.75) is 31.1 Å². The van der Waals surface area contributed by atoms with Gasteiger partial charge in [-0.05, 0) is 62.6 Å². The molecule has 0 aliphatic carbocycles. The first-order valence-electron chi connectivity index (χ1n) is 8.55. The number of piperidine rings is 1. The zero-order valence-electron chi connectivity index (χ0n) is 14.1. The Kier molecular flexibility index (Phi) is 5.81. The molecule has 3 rings (SSSR count). The van der Waals surface area contributed by atoms with Crippen LogP contribution in [0.1, 0.15) is 24.8 Å². The van der Waals surface area contributed by atoms with Crippen molar-refractivity contribution in [1.29, 1.82) is 0 Å². The molecule has 2 aromatic rings. The molecule has 1 fully saturated rings. The number of thioether (sulfide) groups is 1. The Bertz CT molecular complexity index is 661. The summed E-state index contributed by atoms with van der Waals surface area (Å²) >= 11 is 1.56. The molecule has 0 unspecified atom stereocenters. The molecule has 0 bridgehead atoms.